The van der Waals surface area contributed by atoms with Gasteiger partial charge < -0.3 is 14.4 Å². The number of rotatable bonds is 5. The standard InChI is InChI=1S/C17H18NO5P/c1-24(2,22)13-8-9-15(14(10-13)16(19)20)18-17(21)23-11-12-6-4-3-5-7-12/h3-10H,11H2,1-2H3,(H,18,21)(H,19,20). The third-order valence-corrected chi connectivity index (χ3v) is 4.83. The first-order valence-electron chi connectivity index (χ1n) is 7.18. The maximum Gasteiger partial charge on any atom is 0.411 e. The minimum absolute atomic E-state index is 0.0757. The molecule has 0 unspecified atom stereocenters. The Hall–Kier alpha value is -2.59. The van der Waals surface area contributed by atoms with Gasteiger partial charge in [-0.1, -0.05) is 30.3 Å². The first-order chi connectivity index (χ1) is 11.3. The van der Waals surface area contributed by atoms with Gasteiger partial charge in [0.1, 0.15) is 13.7 Å². The molecule has 0 aliphatic heterocycles. The Morgan fingerprint density at radius 2 is 1.79 bits per heavy atom. The quantitative estimate of drug-likeness (QED) is 0.809. The van der Waals surface area contributed by atoms with Crippen molar-refractivity contribution in [3.05, 3.63) is 59.7 Å². The van der Waals surface area contributed by atoms with Crippen LogP contribution >= 0.6 is 7.14 Å². The predicted octanol–water partition coefficient (Wildman–Crippen LogP) is 3.38. The summed E-state index contributed by atoms with van der Waals surface area (Å²) in [7, 11) is -2.60. The Labute approximate surface area is 139 Å². The lowest BCUT2D eigenvalue weighted by atomic mass is 10.2. The van der Waals surface area contributed by atoms with Crippen molar-refractivity contribution in [1.29, 1.82) is 0 Å². The summed E-state index contributed by atoms with van der Waals surface area (Å²) in [6, 6.07) is 13.4. The number of carboxylic acid groups (broad SMARTS) is 1. The minimum atomic E-state index is -2.60. The van der Waals surface area contributed by atoms with Gasteiger partial charge in [-0.3, -0.25) is 5.32 Å². The van der Waals surface area contributed by atoms with Crippen LogP contribution < -0.4 is 10.6 Å². The number of hydrogen-bond acceptors (Lipinski definition) is 4. The van der Waals surface area contributed by atoms with Crippen LogP contribution in [0.2, 0.25) is 0 Å². The number of nitrogens with one attached hydrogen (secondary N) is 1. The summed E-state index contributed by atoms with van der Waals surface area (Å²) in [4.78, 5) is 23.2. The molecule has 2 aromatic rings. The zero-order valence-electron chi connectivity index (χ0n) is 13.4. The van der Waals surface area contributed by atoms with Gasteiger partial charge in [0, 0.05) is 5.30 Å². The largest absolute Gasteiger partial charge is 0.478 e. The SMILES string of the molecule is CP(C)(=O)c1ccc(NC(=O)OCc2ccccc2)c(C(=O)O)c1. The molecule has 2 N–H and O–H groups in total. The van der Waals surface area contributed by atoms with E-state index in [0.717, 1.165) is 5.56 Å². The fourth-order valence-electron chi connectivity index (χ4n) is 2.02. The molecule has 0 radical (unpaired) electrons. The summed E-state index contributed by atoms with van der Waals surface area (Å²) >= 11 is 0. The Kier molecular flexibility index (Phi) is 5.42. The second kappa shape index (κ2) is 7.32. The third-order valence-electron chi connectivity index (χ3n) is 3.30. The molecule has 0 saturated carbocycles. The highest BCUT2D eigenvalue weighted by molar-refractivity contribution is 7.70. The number of carboxylic acids is 1. The minimum Gasteiger partial charge on any atom is -0.478 e. The Morgan fingerprint density at radius 1 is 1.12 bits per heavy atom. The third kappa shape index (κ3) is 4.70. The Balaban J connectivity index is 2.12. The average Bonchev–Trinajstić information content (AvgIpc) is 2.53. The van der Waals surface area contributed by atoms with E-state index in [2.05, 4.69) is 5.32 Å². The number of amides is 1. The average molecular weight is 347 g/mol. The summed E-state index contributed by atoms with van der Waals surface area (Å²) in [5.41, 5.74) is 0.783. The molecule has 7 heteroatoms. The van der Waals surface area contributed by atoms with E-state index in [4.69, 9.17) is 4.74 Å². The van der Waals surface area contributed by atoms with Crippen LogP contribution in [0.1, 0.15) is 15.9 Å². The molecule has 0 aliphatic carbocycles. The van der Waals surface area contributed by atoms with Crippen LogP contribution in [-0.4, -0.2) is 30.5 Å². The summed E-state index contributed by atoms with van der Waals surface area (Å²) in [5, 5.41) is 12.1. The van der Waals surface area contributed by atoms with E-state index in [-0.39, 0.29) is 17.9 Å². The van der Waals surface area contributed by atoms with Gasteiger partial charge in [0.25, 0.3) is 0 Å². The highest BCUT2D eigenvalue weighted by atomic mass is 31.2. The van der Waals surface area contributed by atoms with Crippen molar-refractivity contribution in [3.8, 4) is 0 Å². The molecule has 6 nitrogen and oxygen atoms in total. The number of ether oxygens (including phenoxy) is 1. The molecule has 0 atom stereocenters. The molecule has 0 bridgehead atoms. The van der Waals surface area contributed by atoms with E-state index in [1.807, 2.05) is 30.3 Å². The van der Waals surface area contributed by atoms with Crippen molar-refractivity contribution >= 4 is 30.2 Å². The number of hydrogen-bond donors (Lipinski definition) is 2. The van der Waals surface area contributed by atoms with Crippen molar-refractivity contribution in [2.24, 2.45) is 0 Å². The van der Waals surface area contributed by atoms with Crippen LogP contribution in [0.5, 0.6) is 0 Å². The van der Waals surface area contributed by atoms with Gasteiger partial charge in [0.2, 0.25) is 0 Å². The summed E-state index contributed by atoms with van der Waals surface area (Å²) in [6.45, 7) is 3.18. The lowest BCUT2D eigenvalue weighted by Crippen LogP contribution is -2.17. The Bertz CT molecular complexity index is 798. The molecule has 24 heavy (non-hydrogen) atoms. The van der Waals surface area contributed by atoms with Gasteiger partial charge in [-0.25, -0.2) is 9.59 Å². The van der Waals surface area contributed by atoms with Crippen molar-refractivity contribution in [2.75, 3.05) is 18.6 Å². The highest BCUT2D eigenvalue weighted by Gasteiger charge is 2.18. The van der Waals surface area contributed by atoms with E-state index in [1.54, 1.807) is 19.4 Å². The van der Waals surface area contributed by atoms with Gasteiger partial charge in [0.15, 0.2) is 0 Å². The van der Waals surface area contributed by atoms with Crippen LogP contribution in [0, 0.1) is 0 Å². The van der Waals surface area contributed by atoms with Crippen molar-refractivity contribution in [2.45, 2.75) is 6.61 Å². The predicted molar refractivity (Wildman–Crippen MR) is 92.7 cm³/mol. The zero-order valence-corrected chi connectivity index (χ0v) is 14.2. The molecule has 0 heterocycles. The van der Waals surface area contributed by atoms with E-state index < -0.39 is 19.2 Å². The lowest BCUT2D eigenvalue weighted by molar-refractivity contribution is 0.0698. The van der Waals surface area contributed by atoms with E-state index in [9.17, 15) is 19.3 Å². The lowest BCUT2D eigenvalue weighted by Gasteiger charge is -2.13. The molecule has 1 amide bonds. The summed E-state index contributed by atoms with van der Waals surface area (Å²) < 4.78 is 17.1. The fraction of sp³-hybridized carbons (Fsp3) is 0.176. The summed E-state index contributed by atoms with van der Waals surface area (Å²) in [5.74, 6) is -1.22. The van der Waals surface area contributed by atoms with Gasteiger partial charge in [-0.05, 0) is 37.1 Å². The van der Waals surface area contributed by atoms with Crippen molar-refractivity contribution in [3.63, 3.8) is 0 Å². The molecular weight excluding hydrogens is 329 g/mol. The molecular formula is C17H18NO5P. The number of carbonyl (C=O) groups is 2. The number of benzene rings is 2. The van der Waals surface area contributed by atoms with Gasteiger partial charge >= 0.3 is 12.1 Å². The van der Waals surface area contributed by atoms with Crippen molar-refractivity contribution in [1.82, 2.24) is 0 Å². The zero-order chi connectivity index (χ0) is 17.7. The molecule has 0 aromatic heterocycles. The van der Waals surface area contributed by atoms with Gasteiger partial charge in [-0.2, -0.15) is 0 Å². The van der Waals surface area contributed by atoms with E-state index in [1.165, 1.54) is 12.1 Å². The first kappa shape index (κ1) is 17.8. The number of anilines is 1. The highest BCUT2D eigenvalue weighted by Crippen LogP contribution is 2.35. The summed E-state index contributed by atoms with van der Waals surface area (Å²) in [6.07, 6.45) is -0.759. The fourth-order valence-corrected chi connectivity index (χ4v) is 2.90. The van der Waals surface area contributed by atoms with Crippen LogP contribution in [0.15, 0.2) is 48.5 Å². The second-order valence-electron chi connectivity index (χ2n) is 5.57. The monoisotopic (exact) mass is 347 g/mol. The van der Waals surface area contributed by atoms with Gasteiger partial charge in [-0.15, -0.1) is 0 Å². The smallest absolute Gasteiger partial charge is 0.411 e. The molecule has 0 fully saturated rings. The van der Waals surface area contributed by atoms with Crippen molar-refractivity contribution < 1.29 is 24.0 Å². The van der Waals surface area contributed by atoms with E-state index in [0.29, 0.717) is 5.30 Å². The molecule has 2 rings (SSSR count). The number of carbonyl (C=O) groups excluding carboxylic acids is 1. The van der Waals surface area contributed by atoms with Gasteiger partial charge in [0.05, 0.1) is 11.3 Å². The maximum atomic E-state index is 12.1. The number of aromatic carboxylic acids is 1. The Morgan fingerprint density at radius 3 is 2.38 bits per heavy atom. The topological polar surface area (TPSA) is 92.7 Å². The van der Waals surface area contributed by atoms with Crippen LogP contribution in [0.3, 0.4) is 0 Å². The normalized spacial score (nSPS) is 10.9. The van der Waals surface area contributed by atoms with Crippen LogP contribution in [-0.2, 0) is 15.9 Å². The maximum absolute atomic E-state index is 12.1. The molecule has 2 aromatic carbocycles. The molecule has 0 aliphatic rings. The second-order valence-corrected chi connectivity index (χ2v) is 8.79. The first-order valence-corrected chi connectivity index (χ1v) is 9.78. The van der Waals surface area contributed by atoms with Crippen LogP contribution in [0.4, 0.5) is 10.5 Å². The molecule has 0 spiro atoms. The van der Waals surface area contributed by atoms with E-state index >= 15 is 0 Å². The molecule has 0 saturated heterocycles. The van der Waals surface area contributed by atoms with Crippen LogP contribution in [0.25, 0.3) is 0 Å². The molecule has 126 valence electrons.